The molecule has 0 aromatic carbocycles. The molecule has 1 aliphatic rings. The molecule has 0 saturated carbocycles. The monoisotopic (exact) mass is 323 g/mol. The Labute approximate surface area is 124 Å². The fraction of sp³-hybridized carbons (Fsp3) is 0.583. The fourth-order valence-electron chi connectivity index (χ4n) is 2.22. The Bertz CT molecular complexity index is 531. The van der Waals surface area contributed by atoms with Gasteiger partial charge in [-0.3, -0.25) is 4.79 Å². The number of alkyl halides is 3. The highest BCUT2D eigenvalue weighted by Crippen LogP contribution is 2.31. The van der Waals surface area contributed by atoms with Crippen molar-refractivity contribution >= 4 is 23.4 Å². The van der Waals surface area contributed by atoms with Crippen molar-refractivity contribution < 1.29 is 22.7 Å². The van der Waals surface area contributed by atoms with Crippen molar-refractivity contribution in [2.24, 2.45) is 5.92 Å². The number of piperidine rings is 1. The minimum atomic E-state index is -4.58. The molecule has 0 N–H and O–H groups in total. The van der Waals surface area contributed by atoms with Gasteiger partial charge < -0.3 is 9.64 Å². The van der Waals surface area contributed by atoms with E-state index >= 15 is 0 Å². The molecule has 116 valence electrons. The normalized spacial score (nSPS) is 16.9. The third-order valence-corrected chi connectivity index (χ3v) is 3.50. The Balaban J connectivity index is 2.13. The third-order valence-electron chi connectivity index (χ3n) is 3.33. The van der Waals surface area contributed by atoms with E-state index in [1.165, 1.54) is 7.11 Å². The van der Waals surface area contributed by atoms with Crippen LogP contribution in [0.3, 0.4) is 0 Å². The lowest BCUT2D eigenvalue weighted by Crippen LogP contribution is -2.37. The lowest BCUT2D eigenvalue weighted by molar-refractivity contribution is -0.146. The van der Waals surface area contributed by atoms with Crippen LogP contribution < -0.4 is 4.90 Å². The average Bonchev–Trinajstić information content (AvgIpc) is 2.45. The van der Waals surface area contributed by atoms with Crippen molar-refractivity contribution in [3.8, 4) is 0 Å². The van der Waals surface area contributed by atoms with E-state index in [1.807, 2.05) is 0 Å². The highest BCUT2D eigenvalue weighted by atomic mass is 35.5. The highest BCUT2D eigenvalue weighted by molar-refractivity contribution is 6.28. The molecule has 9 heteroatoms. The molecule has 0 spiro atoms. The van der Waals surface area contributed by atoms with Crippen LogP contribution in [0.5, 0.6) is 0 Å². The van der Waals surface area contributed by atoms with E-state index in [1.54, 1.807) is 4.90 Å². The first-order valence-electron chi connectivity index (χ1n) is 6.26. The molecule has 1 aromatic heterocycles. The zero-order valence-electron chi connectivity index (χ0n) is 11.2. The van der Waals surface area contributed by atoms with Gasteiger partial charge >= 0.3 is 12.1 Å². The second kappa shape index (κ2) is 6.05. The fourth-order valence-corrected chi connectivity index (χ4v) is 2.40. The predicted molar refractivity (Wildman–Crippen MR) is 69.0 cm³/mol. The summed E-state index contributed by atoms with van der Waals surface area (Å²) in [5.74, 6) is -0.414. The van der Waals surface area contributed by atoms with Gasteiger partial charge in [0.15, 0.2) is 5.69 Å². The van der Waals surface area contributed by atoms with Crippen molar-refractivity contribution in [1.82, 2.24) is 9.97 Å². The Kier molecular flexibility index (Phi) is 4.55. The maximum Gasteiger partial charge on any atom is 0.433 e. The van der Waals surface area contributed by atoms with Gasteiger partial charge in [0.2, 0.25) is 5.28 Å². The molecule has 2 rings (SSSR count). The van der Waals surface area contributed by atoms with Gasteiger partial charge in [-0.1, -0.05) is 0 Å². The number of hydrogen-bond acceptors (Lipinski definition) is 5. The summed E-state index contributed by atoms with van der Waals surface area (Å²) >= 11 is 5.55. The van der Waals surface area contributed by atoms with Crippen LogP contribution in [-0.2, 0) is 15.7 Å². The molecule has 0 amide bonds. The second-order valence-electron chi connectivity index (χ2n) is 4.66. The summed E-state index contributed by atoms with van der Waals surface area (Å²) in [6, 6.07) is 0.865. The van der Waals surface area contributed by atoms with Crippen molar-refractivity contribution in [1.29, 1.82) is 0 Å². The van der Waals surface area contributed by atoms with E-state index in [0.717, 1.165) is 6.07 Å². The van der Waals surface area contributed by atoms with Crippen LogP contribution in [0.2, 0.25) is 5.28 Å². The number of anilines is 1. The number of carbonyl (C=O) groups is 1. The number of hydrogen-bond donors (Lipinski definition) is 0. The number of aromatic nitrogens is 2. The Hall–Kier alpha value is -1.57. The van der Waals surface area contributed by atoms with Gasteiger partial charge in [-0.05, 0) is 24.4 Å². The van der Waals surface area contributed by atoms with E-state index in [-0.39, 0.29) is 17.7 Å². The van der Waals surface area contributed by atoms with Gasteiger partial charge in [-0.2, -0.15) is 13.2 Å². The maximum absolute atomic E-state index is 12.7. The Morgan fingerprint density at radius 3 is 2.52 bits per heavy atom. The second-order valence-corrected chi connectivity index (χ2v) is 5.00. The van der Waals surface area contributed by atoms with Crippen LogP contribution in [-0.4, -0.2) is 36.1 Å². The number of halogens is 4. The molecule has 0 radical (unpaired) electrons. The van der Waals surface area contributed by atoms with E-state index in [9.17, 15) is 18.0 Å². The summed E-state index contributed by atoms with van der Waals surface area (Å²) in [7, 11) is 1.31. The third kappa shape index (κ3) is 3.75. The van der Waals surface area contributed by atoms with Gasteiger partial charge in [0.05, 0.1) is 13.0 Å². The molecule has 1 aliphatic heterocycles. The topological polar surface area (TPSA) is 55.3 Å². The number of nitrogens with zero attached hydrogens (tertiary/aromatic N) is 3. The Morgan fingerprint density at radius 1 is 1.38 bits per heavy atom. The van der Waals surface area contributed by atoms with Crippen molar-refractivity contribution in [2.45, 2.75) is 19.0 Å². The largest absolute Gasteiger partial charge is 0.469 e. The number of methoxy groups -OCH3 is 1. The number of rotatable bonds is 2. The summed E-state index contributed by atoms with van der Waals surface area (Å²) in [5, 5.41) is -0.449. The molecule has 1 aromatic rings. The van der Waals surface area contributed by atoms with E-state index in [0.29, 0.717) is 25.9 Å². The van der Waals surface area contributed by atoms with Crippen LogP contribution in [0.15, 0.2) is 6.07 Å². The molecule has 21 heavy (non-hydrogen) atoms. The first-order chi connectivity index (χ1) is 9.81. The van der Waals surface area contributed by atoms with E-state index in [2.05, 4.69) is 14.7 Å². The molecule has 0 aliphatic carbocycles. The minimum Gasteiger partial charge on any atom is -0.469 e. The summed E-state index contributed by atoms with van der Waals surface area (Å²) in [6.07, 6.45) is -3.59. The van der Waals surface area contributed by atoms with Gasteiger partial charge in [0.25, 0.3) is 0 Å². The number of carbonyl (C=O) groups excluding carboxylic acids is 1. The highest BCUT2D eigenvalue weighted by Gasteiger charge is 2.34. The lowest BCUT2D eigenvalue weighted by atomic mass is 9.97. The van der Waals surface area contributed by atoms with Crippen molar-refractivity contribution in [2.75, 3.05) is 25.1 Å². The van der Waals surface area contributed by atoms with Crippen LogP contribution >= 0.6 is 11.6 Å². The quantitative estimate of drug-likeness (QED) is 0.618. The zero-order valence-corrected chi connectivity index (χ0v) is 11.9. The van der Waals surface area contributed by atoms with Crippen LogP contribution in [0.25, 0.3) is 0 Å². The molecule has 5 nitrogen and oxygen atoms in total. The van der Waals surface area contributed by atoms with Gasteiger partial charge in [-0.25, -0.2) is 9.97 Å². The van der Waals surface area contributed by atoms with Crippen LogP contribution in [0, 0.1) is 5.92 Å². The summed E-state index contributed by atoms with van der Waals surface area (Å²) in [6.45, 7) is 0.814. The summed E-state index contributed by atoms with van der Waals surface area (Å²) in [5.41, 5.74) is -1.08. The van der Waals surface area contributed by atoms with Gasteiger partial charge in [0, 0.05) is 19.2 Å². The first-order valence-corrected chi connectivity index (χ1v) is 6.63. The van der Waals surface area contributed by atoms with Crippen molar-refractivity contribution in [3.63, 3.8) is 0 Å². The maximum atomic E-state index is 12.7. The Morgan fingerprint density at radius 2 is 2.00 bits per heavy atom. The summed E-state index contributed by atoms with van der Waals surface area (Å²) in [4.78, 5) is 20.1. The zero-order chi connectivity index (χ0) is 15.6. The van der Waals surface area contributed by atoms with Crippen molar-refractivity contribution in [3.05, 3.63) is 17.0 Å². The molecule has 0 bridgehead atoms. The molecule has 1 saturated heterocycles. The standard InChI is InChI=1S/C12H13ClF3N3O2/c1-21-10(20)7-2-4-19(5-3-7)9-6-8(12(14,15)16)17-11(13)18-9/h6-7H,2-5H2,1H3. The number of esters is 1. The predicted octanol–water partition coefficient (Wildman–Crippen LogP) is 2.54. The first kappa shape index (κ1) is 15.8. The molecule has 0 unspecified atom stereocenters. The molecular formula is C12H13ClF3N3O2. The molecular weight excluding hydrogens is 311 g/mol. The molecule has 1 fully saturated rings. The van der Waals surface area contributed by atoms with E-state index < -0.39 is 17.2 Å². The average molecular weight is 324 g/mol. The smallest absolute Gasteiger partial charge is 0.433 e. The summed E-state index contributed by atoms with van der Waals surface area (Å²) < 4.78 is 42.8. The SMILES string of the molecule is COC(=O)C1CCN(c2cc(C(F)(F)F)nc(Cl)n2)CC1. The minimum absolute atomic E-state index is 0.116. The molecule has 2 heterocycles. The van der Waals surface area contributed by atoms with Gasteiger partial charge in [0.1, 0.15) is 5.82 Å². The van der Waals surface area contributed by atoms with Crippen LogP contribution in [0.4, 0.5) is 19.0 Å². The number of ether oxygens (including phenoxy) is 1. The van der Waals surface area contributed by atoms with E-state index in [4.69, 9.17) is 11.6 Å². The molecule has 0 atom stereocenters. The van der Waals surface area contributed by atoms with Gasteiger partial charge in [-0.15, -0.1) is 0 Å². The van der Waals surface area contributed by atoms with Crippen LogP contribution in [0.1, 0.15) is 18.5 Å². The lowest BCUT2D eigenvalue weighted by Gasteiger charge is -2.31.